The van der Waals surface area contributed by atoms with Crippen LogP contribution in [0.4, 0.5) is 0 Å². The SMILES string of the molecule is C[C@@H]1ON(C)[C@@H](c2ccccc2)[C@H]1C(=O)N1C(=O)CC(C)(C)N1Cc1ccccc1. The molecule has 0 saturated carbocycles. The van der Waals surface area contributed by atoms with Crippen molar-refractivity contribution in [3.8, 4) is 0 Å². The van der Waals surface area contributed by atoms with Gasteiger partial charge in [0.25, 0.3) is 5.91 Å². The van der Waals surface area contributed by atoms with E-state index in [4.69, 9.17) is 4.84 Å². The minimum atomic E-state index is -0.478. The summed E-state index contributed by atoms with van der Waals surface area (Å²) >= 11 is 0. The fourth-order valence-corrected chi connectivity index (χ4v) is 4.65. The maximum atomic E-state index is 13.8. The van der Waals surface area contributed by atoms with Crippen LogP contribution in [0.2, 0.25) is 0 Å². The van der Waals surface area contributed by atoms with Gasteiger partial charge >= 0.3 is 0 Å². The molecule has 2 aliphatic heterocycles. The minimum Gasteiger partial charge on any atom is -0.295 e. The van der Waals surface area contributed by atoms with Crippen molar-refractivity contribution in [1.29, 1.82) is 0 Å². The fraction of sp³-hybridized carbons (Fsp3) is 0.417. The molecule has 2 amide bonds. The molecule has 2 saturated heterocycles. The Morgan fingerprint density at radius 1 is 1.07 bits per heavy atom. The molecule has 0 aromatic heterocycles. The van der Waals surface area contributed by atoms with Crippen LogP contribution in [0, 0.1) is 5.92 Å². The smallest absolute Gasteiger partial charge is 0.251 e. The van der Waals surface area contributed by atoms with Crippen LogP contribution in [-0.2, 0) is 21.0 Å². The third-order valence-electron chi connectivity index (χ3n) is 6.14. The van der Waals surface area contributed by atoms with Crippen molar-refractivity contribution >= 4 is 11.8 Å². The molecule has 2 fully saturated rings. The molecule has 2 aromatic rings. The third kappa shape index (κ3) is 3.67. The van der Waals surface area contributed by atoms with E-state index in [9.17, 15) is 9.59 Å². The van der Waals surface area contributed by atoms with Crippen molar-refractivity contribution in [2.24, 2.45) is 5.92 Å². The molecule has 0 radical (unpaired) electrons. The average Bonchev–Trinajstić information content (AvgIpc) is 3.13. The number of nitrogens with zero attached hydrogens (tertiary/aromatic N) is 3. The van der Waals surface area contributed by atoms with Gasteiger partial charge in [0.15, 0.2) is 0 Å². The first-order valence-corrected chi connectivity index (χ1v) is 10.4. The Hall–Kier alpha value is -2.54. The van der Waals surface area contributed by atoms with Crippen LogP contribution in [0.3, 0.4) is 0 Å². The van der Waals surface area contributed by atoms with Gasteiger partial charge in [0.1, 0.15) is 0 Å². The number of hydroxylamine groups is 2. The van der Waals surface area contributed by atoms with Crippen molar-refractivity contribution in [1.82, 2.24) is 15.1 Å². The Labute approximate surface area is 177 Å². The van der Waals surface area contributed by atoms with E-state index in [-0.39, 0.29) is 24.0 Å². The average molecular weight is 408 g/mol. The molecule has 2 aliphatic rings. The molecule has 0 N–H and O–H groups in total. The second-order valence-corrected chi connectivity index (χ2v) is 8.81. The molecule has 4 rings (SSSR count). The molecule has 3 atom stereocenters. The van der Waals surface area contributed by atoms with Gasteiger partial charge in [-0.1, -0.05) is 60.7 Å². The van der Waals surface area contributed by atoms with E-state index in [1.54, 1.807) is 5.06 Å². The number of carbonyl (C=O) groups is 2. The zero-order valence-electron chi connectivity index (χ0n) is 18.0. The topological polar surface area (TPSA) is 53.1 Å². The normalized spacial score (nSPS) is 27.0. The van der Waals surface area contributed by atoms with Crippen LogP contribution in [-0.4, -0.2) is 45.6 Å². The largest absolute Gasteiger partial charge is 0.295 e. The van der Waals surface area contributed by atoms with Crippen molar-refractivity contribution in [3.63, 3.8) is 0 Å². The summed E-state index contributed by atoms with van der Waals surface area (Å²) in [6, 6.07) is 19.6. The molecule has 30 heavy (non-hydrogen) atoms. The summed E-state index contributed by atoms with van der Waals surface area (Å²) in [5, 5.41) is 5.04. The number of imide groups is 1. The van der Waals surface area contributed by atoms with Crippen molar-refractivity contribution in [2.75, 3.05) is 7.05 Å². The maximum Gasteiger partial charge on any atom is 0.251 e. The lowest BCUT2D eigenvalue weighted by Crippen LogP contribution is -2.52. The van der Waals surface area contributed by atoms with Gasteiger partial charge in [-0.3, -0.25) is 14.4 Å². The first-order valence-electron chi connectivity index (χ1n) is 10.4. The molecule has 2 heterocycles. The van der Waals surface area contributed by atoms with Gasteiger partial charge in [0.05, 0.1) is 18.1 Å². The Balaban J connectivity index is 1.68. The monoisotopic (exact) mass is 407 g/mol. The zero-order valence-corrected chi connectivity index (χ0v) is 18.0. The van der Waals surface area contributed by atoms with E-state index in [2.05, 4.69) is 0 Å². The van der Waals surface area contributed by atoms with Crippen LogP contribution in [0.15, 0.2) is 60.7 Å². The quantitative estimate of drug-likeness (QED) is 0.726. The lowest BCUT2D eigenvalue weighted by molar-refractivity contribution is -0.166. The molecule has 0 unspecified atom stereocenters. The highest BCUT2D eigenvalue weighted by atomic mass is 16.7. The molecule has 2 aromatic carbocycles. The Morgan fingerprint density at radius 2 is 1.67 bits per heavy atom. The van der Waals surface area contributed by atoms with Crippen LogP contribution in [0.25, 0.3) is 0 Å². The van der Waals surface area contributed by atoms with Crippen molar-refractivity contribution in [2.45, 2.75) is 51.4 Å². The van der Waals surface area contributed by atoms with Crippen molar-refractivity contribution in [3.05, 3.63) is 71.8 Å². The number of hydrogen-bond donors (Lipinski definition) is 0. The van der Waals surface area contributed by atoms with E-state index in [1.165, 1.54) is 5.01 Å². The van der Waals surface area contributed by atoms with E-state index in [0.29, 0.717) is 13.0 Å². The Bertz CT molecular complexity index is 916. The summed E-state index contributed by atoms with van der Waals surface area (Å²) in [7, 11) is 1.85. The van der Waals surface area contributed by atoms with E-state index in [1.807, 2.05) is 93.5 Å². The lowest BCUT2D eigenvalue weighted by atomic mass is 9.89. The molecular formula is C24H29N3O3. The van der Waals surface area contributed by atoms with Gasteiger partial charge in [-0.2, -0.15) is 5.06 Å². The summed E-state index contributed by atoms with van der Waals surface area (Å²) in [5.41, 5.74) is 1.62. The highest BCUT2D eigenvalue weighted by molar-refractivity contribution is 5.98. The van der Waals surface area contributed by atoms with Crippen LogP contribution < -0.4 is 0 Å². The summed E-state index contributed by atoms with van der Waals surface area (Å²) < 4.78 is 0. The molecule has 6 heteroatoms. The number of amides is 2. The van der Waals surface area contributed by atoms with Crippen LogP contribution in [0.1, 0.15) is 44.4 Å². The molecule has 0 aliphatic carbocycles. The second-order valence-electron chi connectivity index (χ2n) is 8.81. The molecular weight excluding hydrogens is 378 g/mol. The van der Waals surface area contributed by atoms with Gasteiger partial charge in [0, 0.05) is 25.6 Å². The number of carbonyl (C=O) groups excluding carboxylic acids is 2. The first-order chi connectivity index (χ1) is 14.3. The highest BCUT2D eigenvalue weighted by Crippen LogP contribution is 2.41. The van der Waals surface area contributed by atoms with Crippen LogP contribution in [0.5, 0.6) is 0 Å². The summed E-state index contributed by atoms with van der Waals surface area (Å²) in [4.78, 5) is 32.8. The van der Waals surface area contributed by atoms with Gasteiger partial charge in [-0.25, -0.2) is 10.0 Å². The zero-order chi connectivity index (χ0) is 21.5. The maximum absolute atomic E-state index is 13.8. The molecule has 158 valence electrons. The lowest BCUT2D eigenvalue weighted by Gasteiger charge is -2.37. The number of hydrazine groups is 1. The van der Waals surface area contributed by atoms with Gasteiger partial charge in [-0.15, -0.1) is 0 Å². The number of hydrogen-bond acceptors (Lipinski definition) is 5. The third-order valence-corrected chi connectivity index (χ3v) is 6.14. The predicted molar refractivity (Wildman–Crippen MR) is 114 cm³/mol. The minimum absolute atomic E-state index is 0.158. The van der Waals surface area contributed by atoms with E-state index in [0.717, 1.165) is 11.1 Å². The second kappa shape index (κ2) is 7.95. The van der Waals surface area contributed by atoms with E-state index < -0.39 is 11.5 Å². The number of rotatable bonds is 4. The molecule has 0 bridgehead atoms. The Morgan fingerprint density at radius 3 is 2.30 bits per heavy atom. The standard InChI is InChI=1S/C24H29N3O3/c1-17-21(22(25(4)30-17)19-13-9-6-10-14-19)23(29)27-20(28)15-24(2,3)26(27)16-18-11-7-5-8-12-18/h5-14,17,21-22H,15-16H2,1-4H3/t17-,21-,22-/m0/s1. The molecule has 6 nitrogen and oxygen atoms in total. The Kier molecular flexibility index (Phi) is 5.49. The van der Waals surface area contributed by atoms with Gasteiger partial charge < -0.3 is 0 Å². The highest BCUT2D eigenvalue weighted by Gasteiger charge is 2.53. The first kappa shape index (κ1) is 20.7. The number of benzene rings is 2. The predicted octanol–water partition coefficient (Wildman–Crippen LogP) is 3.56. The summed E-state index contributed by atoms with van der Waals surface area (Å²) in [6.45, 7) is 6.42. The fourth-order valence-electron chi connectivity index (χ4n) is 4.65. The van der Waals surface area contributed by atoms with Gasteiger partial charge in [-0.05, 0) is 31.9 Å². The summed E-state index contributed by atoms with van der Waals surface area (Å²) in [6.07, 6.45) is -0.0258. The summed E-state index contributed by atoms with van der Waals surface area (Å²) in [5.74, 6) is -0.838. The van der Waals surface area contributed by atoms with Gasteiger partial charge in [0.2, 0.25) is 5.91 Å². The van der Waals surface area contributed by atoms with E-state index >= 15 is 0 Å². The van der Waals surface area contributed by atoms with Crippen molar-refractivity contribution < 1.29 is 14.4 Å². The molecule has 0 spiro atoms. The van der Waals surface area contributed by atoms with Crippen LogP contribution >= 0.6 is 0 Å².